The molecule has 2 fully saturated rings. The molecule has 0 spiro atoms. The minimum atomic E-state index is -0.554. The molecule has 2 aliphatic carbocycles. The summed E-state index contributed by atoms with van der Waals surface area (Å²) in [6.07, 6.45) is 8.35. The number of carbonyl (C=O) groups excluding carboxylic acids is 2. The number of anilines is 1. The van der Waals surface area contributed by atoms with Crippen LogP contribution in [-0.4, -0.2) is 42.0 Å². The molecule has 8 nitrogen and oxygen atoms in total. The zero-order valence-corrected chi connectivity index (χ0v) is 22.4. The molecule has 1 aliphatic heterocycles. The topological polar surface area (TPSA) is 107 Å². The van der Waals surface area contributed by atoms with E-state index in [1.54, 1.807) is 6.20 Å². The molecule has 190 valence electrons. The maximum atomic E-state index is 13.2. The number of hydrogen-bond acceptors (Lipinski definition) is 7. The molecule has 3 heterocycles. The van der Waals surface area contributed by atoms with Gasteiger partial charge in [0.25, 0.3) is 5.91 Å². The summed E-state index contributed by atoms with van der Waals surface area (Å²) in [6, 6.07) is 7.54. The van der Waals surface area contributed by atoms with Crippen molar-refractivity contribution in [1.29, 1.82) is 5.26 Å². The van der Waals surface area contributed by atoms with E-state index < -0.39 is 6.04 Å². The Morgan fingerprint density at radius 3 is 2.89 bits per heavy atom. The van der Waals surface area contributed by atoms with E-state index in [9.17, 15) is 9.59 Å². The minimum Gasteiger partial charge on any atom is -0.474 e. The molecule has 0 bridgehead atoms. The van der Waals surface area contributed by atoms with Crippen LogP contribution in [0.15, 0.2) is 28.9 Å². The van der Waals surface area contributed by atoms with Crippen LogP contribution in [0.25, 0.3) is 0 Å². The summed E-state index contributed by atoms with van der Waals surface area (Å²) in [5.41, 5.74) is 0.929. The number of aromatic nitrogens is 1. The number of hydrogen-bond donors (Lipinski definition) is 2. The van der Waals surface area contributed by atoms with Gasteiger partial charge in [0.15, 0.2) is 0 Å². The van der Waals surface area contributed by atoms with Crippen LogP contribution in [0.2, 0.25) is 0 Å². The average Bonchev–Trinajstić information content (AvgIpc) is 3.53. The maximum absolute atomic E-state index is 13.2. The van der Waals surface area contributed by atoms with Crippen LogP contribution in [0.4, 0.5) is 5.69 Å². The molecular weight excluding hydrogens is 542 g/mol. The van der Waals surface area contributed by atoms with Crippen molar-refractivity contribution in [1.82, 2.24) is 15.6 Å². The van der Waals surface area contributed by atoms with Crippen molar-refractivity contribution in [2.75, 3.05) is 18.1 Å². The van der Waals surface area contributed by atoms with Crippen LogP contribution in [0, 0.1) is 23.2 Å². The number of carbonyl (C=O) groups is 2. The van der Waals surface area contributed by atoms with Crippen molar-refractivity contribution in [3.63, 3.8) is 0 Å². The summed E-state index contributed by atoms with van der Waals surface area (Å²) in [4.78, 5) is 34.5. The molecule has 5 rings (SSSR count). The first-order chi connectivity index (χ1) is 17.5. The molecule has 0 aromatic carbocycles. The highest BCUT2D eigenvalue weighted by atomic mass is 79.9. The van der Waals surface area contributed by atoms with Crippen molar-refractivity contribution in [2.24, 2.45) is 11.8 Å². The third-order valence-electron chi connectivity index (χ3n) is 7.30. The van der Waals surface area contributed by atoms with Crippen LogP contribution in [0.5, 0.6) is 5.88 Å². The third-order valence-corrected chi connectivity index (χ3v) is 8.81. The number of ether oxygens (including phenoxy) is 1. The fourth-order valence-electron chi connectivity index (χ4n) is 5.25. The fraction of sp³-hybridized carbons (Fsp3) is 0.538. The van der Waals surface area contributed by atoms with E-state index in [4.69, 9.17) is 10.00 Å². The Kier molecular flexibility index (Phi) is 7.77. The maximum Gasteiger partial charge on any atom is 0.262 e. The van der Waals surface area contributed by atoms with E-state index in [0.717, 1.165) is 34.4 Å². The van der Waals surface area contributed by atoms with Gasteiger partial charge in [0.2, 0.25) is 11.8 Å². The van der Waals surface area contributed by atoms with Crippen LogP contribution < -0.4 is 20.3 Å². The van der Waals surface area contributed by atoms with Gasteiger partial charge in [-0.1, -0.05) is 25.7 Å². The van der Waals surface area contributed by atoms with Gasteiger partial charge in [-0.25, -0.2) is 4.98 Å². The first kappa shape index (κ1) is 25.0. The molecule has 2 aromatic rings. The van der Waals surface area contributed by atoms with E-state index in [0.29, 0.717) is 49.1 Å². The Hall–Kier alpha value is -2.64. The molecule has 2 saturated carbocycles. The number of nitrogens with one attached hydrogen (secondary N) is 2. The Morgan fingerprint density at radius 2 is 2.11 bits per heavy atom. The molecule has 2 aromatic heterocycles. The van der Waals surface area contributed by atoms with Crippen molar-refractivity contribution < 1.29 is 14.3 Å². The fourth-order valence-corrected chi connectivity index (χ4v) is 6.49. The smallest absolute Gasteiger partial charge is 0.262 e. The second-order valence-electron chi connectivity index (χ2n) is 9.93. The highest BCUT2D eigenvalue weighted by Crippen LogP contribution is 2.34. The lowest BCUT2D eigenvalue weighted by molar-refractivity contribution is -0.124. The summed E-state index contributed by atoms with van der Waals surface area (Å²) < 4.78 is 6.56. The molecule has 36 heavy (non-hydrogen) atoms. The lowest BCUT2D eigenvalue weighted by Crippen LogP contribution is -2.53. The summed E-state index contributed by atoms with van der Waals surface area (Å²) in [7, 11) is 0. The molecule has 10 heteroatoms. The van der Waals surface area contributed by atoms with Gasteiger partial charge in [0, 0.05) is 21.6 Å². The number of thiophene rings is 1. The molecular formula is C26H30BrN5O3S. The number of pyridine rings is 1. The predicted octanol–water partition coefficient (Wildman–Crippen LogP) is 4.40. The summed E-state index contributed by atoms with van der Waals surface area (Å²) >= 11 is 4.93. The van der Waals surface area contributed by atoms with Gasteiger partial charge in [-0.15, -0.1) is 11.3 Å². The van der Waals surface area contributed by atoms with Crippen molar-refractivity contribution in [3.8, 4) is 11.9 Å². The van der Waals surface area contributed by atoms with E-state index in [2.05, 4.69) is 42.5 Å². The molecule has 1 atom stereocenters. The van der Waals surface area contributed by atoms with Crippen LogP contribution >= 0.6 is 27.3 Å². The number of amides is 2. The van der Waals surface area contributed by atoms with Gasteiger partial charge in [0.05, 0.1) is 30.0 Å². The van der Waals surface area contributed by atoms with Crippen molar-refractivity contribution in [3.05, 3.63) is 38.6 Å². The second kappa shape index (κ2) is 11.2. The second-order valence-corrected chi connectivity index (χ2v) is 12.0. The standard InChI is InChI=1S/C26H30BrN5O3S/c27-18-12-22-26(29-14-18)35-8-7-32(22)15-20-5-6-23(36-20)25(34)31-21(11-16-3-1-2-4-16)24(33)30-19-9-17(10-19)13-28/h5-6,12,14,16-17,19,21H,1-4,7-11,15H2,(H,30,33)(H,31,34). The van der Waals surface area contributed by atoms with Crippen molar-refractivity contribution >= 4 is 44.8 Å². The Labute approximate surface area is 223 Å². The first-order valence-electron chi connectivity index (χ1n) is 12.6. The van der Waals surface area contributed by atoms with E-state index in [-0.39, 0.29) is 23.8 Å². The summed E-state index contributed by atoms with van der Waals surface area (Å²) in [5.74, 6) is 0.768. The molecule has 3 aliphatic rings. The highest BCUT2D eigenvalue weighted by Gasteiger charge is 2.34. The van der Waals surface area contributed by atoms with E-state index in [1.807, 2.05) is 18.2 Å². The zero-order valence-electron chi connectivity index (χ0n) is 20.0. The van der Waals surface area contributed by atoms with Crippen LogP contribution in [0.1, 0.15) is 59.5 Å². The quantitative estimate of drug-likeness (QED) is 0.486. The number of fused-ring (bicyclic) bond motifs is 1. The first-order valence-corrected chi connectivity index (χ1v) is 14.2. The monoisotopic (exact) mass is 571 g/mol. The minimum absolute atomic E-state index is 0.0260. The largest absolute Gasteiger partial charge is 0.474 e. The normalized spacial score (nSPS) is 22.1. The Morgan fingerprint density at radius 1 is 1.31 bits per heavy atom. The van der Waals surface area contributed by atoms with Gasteiger partial charge >= 0.3 is 0 Å². The number of rotatable bonds is 8. The van der Waals surface area contributed by atoms with E-state index >= 15 is 0 Å². The summed E-state index contributed by atoms with van der Waals surface area (Å²) in [5, 5.41) is 15.1. The third kappa shape index (κ3) is 5.84. The predicted molar refractivity (Wildman–Crippen MR) is 141 cm³/mol. The van der Waals surface area contributed by atoms with Gasteiger partial charge < -0.3 is 20.3 Å². The summed E-state index contributed by atoms with van der Waals surface area (Å²) in [6.45, 7) is 1.95. The zero-order chi connectivity index (χ0) is 25.1. The number of nitriles is 1. The molecule has 2 N–H and O–H groups in total. The number of halogens is 1. The number of nitrogens with zero attached hydrogens (tertiary/aromatic N) is 3. The lowest BCUT2D eigenvalue weighted by atomic mass is 9.81. The van der Waals surface area contributed by atoms with Gasteiger partial charge in [-0.3, -0.25) is 9.59 Å². The van der Waals surface area contributed by atoms with Gasteiger partial charge in [0.1, 0.15) is 18.3 Å². The Balaban J connectivity index is 1.23. The Bertz CT molecular complexity index is 1150. The van der Waals surface area contributed by atoms with Crippen LogP contribution in [0.3, 0.4) is 0 Å². The molecule has 0 saturated heterocycles. The van der Waals surface area contributed by atoms with Gasteiger partial charge in [-0.05, 0) is 59.3 Å². The van der Waals surface area contributed by atoms with Crippen LogP contribution in [-0.2, 0) is 11.3 Å². The molecule has 1 unspecified atom stereocenters. The molecule has 2 amide bonds. The van der Waals surface area contributed by atoms with Crippen molar-refractivity contribution in [2.45, 2.75) is 63.6 Å². The molecule has 0 radical (unpaired) electrons. The highest BCUT2D eigenvalue weighted by molar-refractivity contribution is 9.10. The van der Waals surface area contributed by atoms with Gasteiger partial charge in [-0.2, -0.15) is 5.26 Å². The SMILES string of the molecule is N#CC1CC(NC(=O)C(CC2CCCC2)NC(=O)c2ccc(CN3CCOc4ncc(Br)cc43)s2)C1. The average molecular weight is 573 g/mol. The lowest BCUT2D eigenvalue weighted by Gasteiger charge is -2.33. The van der Waals surface area contributed by atoms with E-state index in [1.165, 1.54) is 24.2 Å².